The Morgan fingerprint density at radius 3 is 2.48 bits per heavy atom. The van der Waals surface area contributed by atoms with Gasteiger partial charge in [0.1, 0.15) is 11.5 Å². The van der Waals surface area contributed by atoms with E-state index in [1.807, 2.05) is 44.3 Å². The van der Waals surface area contributed by atoms with Gasteiger partial charge < -0.3 is 14.8 Å². The van der Waals surface area contributed by atoms with Gasteiger partial charge in [-0.1, -0.05) is 25.0 Å². The number of phenolic OH excluding ortho intramolecular Hbond substituents is 2. The number of nitrogens with two attached hydrogens (primary N) is 1. The second-order valence-electron chi connectivity index (χ2n) is 7.87. The number of carbonyl (C=O) groups is 1. The maximum absolute atomic E-state index is 12.8. The van der Waals surface area contributed by atoms with Crippen LogP contribution in [0, 0.1) is 0 Å². The third-order valence-electron chi connectivity index (χ3n) is 5.27. The van der Waals surface area contributed by atoms with Gasteiger partial charge in [-0.05, 0) is 49.6 Å². The van der Waals surface area contributed by atoms with E-state index in [-0.39, 0.29) is 29.5 Å². The Balaban J connectivity index is 1.88. The molecule has 0 fully saturated rings. The molecule has 4 rings (SSSR count). The monoisotopic (exact) mass is 393 g/mol. The van der Waals surface area contributed by atoms with E-state index >= 15 is 0 Å². The second-order valence-corrected chi connectivity index (χ2v) is 7.87. The maximum atomic E-state index is 12.8. The number of quaternary nitrogens is 1. The average Bonchev–Trinajstić information content (AvgIpc) is 3.25. The Bertz CT molecular complexity index is 1140. The molecular weight excluding hydrogens is 368 g/mol. The minimum atomic E-state index is -0.275. The van der Waals surface area contributed by atoms with Crippen LogP contribution in [0.2, 0.25) is 0 Å². The summed E-state index contributed by atoms with van der Waals surface area (Å²) in [7, 11) is 0. The largest absolute Gasteiger partial charge is 0.508 e. The highest BCUT2D eigenvalue weighted by Gasteiger charge is 2.36. The normalized spacial score (nSPS) is 14.5. The summed E-state index contributed by atoms with van der Waals surface area (Å²) in [5.41, 5.74) is 4.08. The van der Waals surface area contributed by atoms with Gasteiger partial charge in [0.25, 0.3) is 0 Å². The van der Waals surface area contributed by atoms with Crippen LogP contribution in [0.4, 0.5) is 10.5 Å². The number of aromatic hydroxyl groups is 2. The van der Waals surface area contributed by atoms with Gasteiger partial charge in [-0.3, -0.25) is 0 Å². The lowest BCUT2D eigenvalue weighted by Gasteiger charge is -2.18. The van der Waals surface area contributed by atoms with Crippen LogP contribution >= 0.6 is 0 Å². The standard InChI is InChI=1S/C22H24N4O3/c1-12(2)15-10-16(20(28)11-19(15)27)21-23-24-22(29)26(21)18-7-5-6-17-14(18)8-9-25(17)13(3)4/h5-13,27-28H,1-4H3,(H,24,29)/p+1. The predicted molar refractivity (Wildman–Crippen MR) is 113 cm³/mol. The topological polar surface area (TPSA) is 94.7 Å². The minimum Gasteiger partial charge on any atom is -0.508 e. The first-order chi connectivity index (χ1) is 13.8. The Morgan fingerprint density at radius 2 is 1.79 bits per heavy atom. The lowest BCUT2D eigenvalue weighted by Crippen LogP contribution is -2.81. The zero-order chi connectivity index (χ0) is 20.9. The zero-order valence-corrected chi connectivity index (χ0v) is 16.9. The molecule has 1 aromatic heterocycles. The number of benzene rings is 2. The smallest absolute Gasteiger partial charge is 0.452 e. The van der Waals surface area contributed by atoms with Crippen LogP contribution in [0.3, 0.4) is 0 Å². The van der Waals surface area contributed by atoms with Crippen LogP contribution < -0.4 is 10.3 Å². The number of amides is 2. The molecule has 0 aliphatic carbocycles. The highest BCUT2D eigenvalue weighted by atomic mass is 16.3. The van der Waals surface area contributed by atoms with Gasteiger partial charge in [0.05, 0.1) is 16.8 Å². The van der Waals surface area contributed by atoms with E-state index in [9.17, 15) is 15.0 Å². The minimum absolute atomic E-state index is 0.0258. The maximum Gasteiger partial charge on any atom is 0.452 e. The molecule has 0 atom stereocenters. The average molecular weight is 393 g/mol. The van der Waals surface area contributed by atoms with Crippen LogP contribution in [0.1, 0.15) is 50.8 Å². The zero-order valence-electron chi connectivity index (χ0n) is 16.9. The van der Waals surface area contributed by atoms with Crippen LogP contribution in [0.15, 0.2) is 47.7 Å². The summed E-state index contributed by atoms with van der Waals surface area (Å²) in [6, 6.07) is 10.8. The van der Waals surface area contributed by atoms with E-state index < -0.39 is 0 Å². The second kappa shape index (κ2) is 6.93. The number of hydrogen-bond acceptors (Lipinski definition) is 4. The molecule has 29 heavy (non-hydrogen) atoms. The highest BCUT2D eigenvalue weighted by Crippen LogP contribution is 2.36. The van der Waals surface area contributed by atoms with Crippen molar-refractivity contribution < 1.29 is 20.4 Å². The van der Waals surface area contributed by atoms with Gasteiger partial charge >= 0.3 is 6.03 Å². The summed E-state index contributed by atoms with van der Waals surface area (Å²) >= 11 is 0. The Labute approximate surface area is 168 Å². The summed E-state index contributed by atoms with van der Waals surface area (Å²) < 4.78 is 2.15. The number of hydrogen-bond donors (Lipinski definition) is 3. The van der Waals surface area contributed by atoms with Gasteiger partial charge in [-0.2, -0.15) is 0 Å². The van der Waals surface area contributed by atoms with Crippen molar-refractivity contribution >= 4 is 28.5 Å². The van der Waals surface area contributed by atoms with Crippen molar-refractivity contribution in [2.45, 2.75) is 39.7 Å². The van der Waals surface area contributed by atoms with E-state index in [1.54, 1.807) is 6.07 Å². The lowest BCUT2D eigenvalue weighted by molar-refractivity contribution is -0.553. The third kappa shape index (κ3) is 3.03. The Kier molecular flexibility index (Phi) is 4.55. The van der Waals surface area contributed by atoms with E-state index in [1.165, 1.54) is 16.4 Å². The van der Waals surface area contributed by atoms with Crippen molar-refractivity contribution in [2.75, 3.05) is 4.90 Å². The molecule has 0 spiro atoms. The molecule has 1 aliphatic heterocycles. The van der Waals surface area contributed by atoms with Gasteiger partial charge in [-0.15, -0.1) is 5.43 Å². The van der Waals surface area contributed by atoms with Gasteiger partial charge in [0.15, 0.2) is 0 Å². The molecule has 0 unspecified atom stereocenters. The van der Waals surface area contributed by atoms with Crippen molar-refractivity contribution in [2.24, 2.45) is 5.10 Å². The van der Waals surface area contributed by atoms with Gasteiger partial charge in [0.2, 0.25) is 5.84 Å². The molecule has 4 N–H and O–H groups in total. The molecule has 3 aromatic rings. The Hall–Kier alpha value is -3.32. The molecule has 2 amide bonds. The van der Waals surface area contributed by atoms with Crippen LogP contribution in [0.25, 0.3) is 10.9 Å². The quantitative estimate of drug-likeness (QED) is 0.591. The molecule has 2 aromatic carbocycles. The van der Waals surface area contributed by atoms with E-state index in [2.05, 4.69) is 23.5 Å². The number of urea groups is 1. The van der Waals surface area contributed by atoms with E-state index in [0.717, 1.165) is 10.9 Å². The fourth-order valence-electron chi connectivity index (χ4n) is 3.81. The number of phenols is 2. The van der Waals surface area contributed by atoms with Crippen molar-refractivity contribution in [3.8, 4) is 11.5 Å². The summed E-state index contributed by atoms with van der Waals surface area (Å²) in [6.07, 6.45) is 2.01. The Morgan fingerprint density at radius 1 is 1.03 bits per heavy atom. The molecule has 2 heterocycles. The van der Waals surface area contributed by atoms with Crippen LogP contribution in [0.5, 0.6) is 11.5 Å². The number of nitrogens with zero attached hydrogens (tertiary/aromatic N) is 3. The number of fused-ring (bicyclic) bond motifs is 1. The molecule has 7 nitrogen and oxygen atoms in total. The van der Waals surface area contributed by atoms with Gasteiger partial charge in [0, 0.05) is 23.7 Å². The first kappa shape index (κ1) is 19.0. The molecule has 150 valence electrons. The van der Waals surface area contributed by atoms with Crippen LogP contribution in [-0.2, 0) is 0 Å². The van der Waals surface area contributed by atoms with Crippen molar-refractivity contribution in [1.29, 1.82) is 0 Å². The fourth-order valence-corrected chi connectivity index (χ4v) is 3.81. The fraction of sp³-hybridized carbons (Fsp3) is 0.273. The summed E-state index contributed by atoms with van der Waals surface area (Å²) in [6.45, 7) is 8.12. The number of aromatic nitrogens is 1. The molecule has 0 saturated heterocycles. The van der Waals surface area contributed by atoms with Gasteiger partial charge in [-0.25, -0.2) is 9.69 Å². The van der Waals surface area contributed by atoms with Crippen molar-refractivity contribution in [3.05, 3.63) is 53.7 Å². The highest BCUT2D eigenvalue weighted by molar-refractivity contribution is 6.26. The SMILES string of the molecule is CC(C)c1cc(C2=N[NH2+]C(=O)N2c2cccc3c2ccn3C(C)C)c(O)cc1O. The number of primary amides is 1. The molecule has 1 aliphatic rings. The third-order valence-corrected chi connectivity index (χ3v) is 5.27. The molecule has 0 bridgehead atoms. The molecule has 0 radical (unpaired) electrons. The number of amidine groups is 1. The predicted octanol–water partition coefficient (Wildman–Crippen LogP) is 3.62. The summed E-state index contributed by atoms with van der Waals surface area (Å²) in [4.78, 5) is 14.3. The number of rotatable bonds is 4. The van der Waals surface area contributed by atoms with Crippen molar-refractivity contribution in [1.82, 2.24) is 4.57 Å². The lowest BCUT2D eigenvalue weighted by atomic mass is 9.98. The molecular formula is C22H25N4O3+. The summed E-state index contributed by atoms with van der Waals surface area (Å²) in [5, 5.41) is 25.9. The van der Waals surface area contributed by atoms with Crippen LogP contribution in [-0.4, -0.2) is 26.6 Å². The first-order valence-corrected chi connectivity index (χ1v) is 9.70. The number of carbonyl (C=O) groups excluding carboxylic acids is 1. The summed E-state index contributed by atoms with van der Waals surface area (Å²) in [5.74, 6) is 0.302. The van der Waals surface area contributed by atoms with E-state index in [0.29, 0.717) is 22.6 Å². The van der Waals surface area contributed by atoms with E-state index in [4.69, 9.17) is 0 Å². The first-order valence-electron chi connectivity index (χ1n) is 9.70. The number of anilines is 1. The molecule has 7 heteroatoms. The molecule has 0 saturated carbocycles. The van der Waals surface area contributed by atoms with Crippen molar-refractivity contribution in [3.63, 3.8) is 0 Å².